The Morgan fingerprint density at radius 2 is 1.74 bits per heavy atom. The van der Waals surface area contributed by atoms with Gasteiger partial charge in [-0.15, -0.1) is 0 Å². The molecule has 1 fully saturated rings. The molecule has 0 aliphatic carbocycles. The highest BCUT2D eigenvalue weighted by Crippen LogP contribution is 2.28. The van der Waals surface area contributed by atoms with Crippen LogP contribution in [-0.4, -0.2) is 62.9 Å². The molecule has 31 heavy (non-hydrogen) atoms. The first-order chi connectivity index (χ1) is 14.8. The van der Waals surface area contributed by atoms with Crippen molar-refractivity contribution in [3.8, 4) is 0 Å². The zero-order chi connectivity index (χ0) is 22.4. The van der Waals surface area contributed by atoms with Crippen LogP contribution in [0.4, 0.5) is 5.69 Å². The lowest BCUT2D eigenvalue weighted by atomic mass is 10.1. The molecule has 1 aliphatic heterocycles. The van der Waals surface area contributed by atoms with Crippen LogP contribution in [0.3, 0.4) is 0 Å². The molecule has 0 aromatic heterocycles. The lowest BCUT2D eigenvalue weighted by Crippen LogP contribution is -2.40. The molecular formula is C22H28ClN3O4S. The van der Waals surface area contributed by atoms with Crippen molar-refractivity contribution in [2.75, 3.05) is 44.7 Å². The molecule has 0 spiro atoms. The third kappa shape index (κ3) is 5.84. The summed E-state index contributed by atoms with van der Waals surface area (Å²) in [4.78, 5) is 14.9. The van der Waals surface area contributed by atoms with E-state index in [0.717, 1.165) is 25.2 Å². The minimum Gasteiger partial charge on any atom is -0.379 e. The fourth-order valence-corrected chi connectivity index (χ4v) is 5.28. The molecule has 1 N–H and O–H groups in total. The second kappa shape index (κ2) is 10.6. The summed E-state index contributed by atoms with van der Waals surface area (Å²) in [5.41, 5.74) is 2.00. The minimum atomic E-state index is -3.77. The number of amides is 1. The first kappa shape index (κ1) is 23.7. The predicted octanol–water partition coefficient (Wildman–Crippen LogP) is 3.46. The van der Waals surface area contributed by atoms with Crippen LogP contribution in [0.25, 0.3) is 0 Å². The van der Waals surface area contributed by atoms with Gasteiger partial charge in [-0.1, -0.05) is 37.6 Å². The lowest BCUT2D eigenvalue weighted by Gasteiger charge is -2.26. The number of ether oxygens (including phenoxy) is 1. The Morgan fingerprint density at radius 1 is 1.10 bits per heavy atom. The van der Waals surface area contributed by atoms with Gasteiger partial charge in [0.2, 0.25) is 10.0 Å². The summed E-state index contributed by atoms with van der Waals surface area (Å²) < 4.78 is 32.5. The van der Waals surface area contributed by atoms with Gasteiger partial charge in [0.1, 0.15) is 4.90 Å². The van der Waals surface area contributed by atoms with Gasteiger partial charge in [0.25, 0.3) is 5.91 Å². The lowest BCUT2D eigenvalue weighted by molar-refractivity contribution is 0.0730. The summed E-state index contributed by atoms with van der Waals surface area (Å²) in [6.07, 6.45) is 0. The van der Waals surface area contributed by atoms with E-state index in [2.05, 4.69) is 24.1 Å². The molecule has 0 unspecified atom stereocenters. The molecule has 1 aliphatic rings. The van der Waals surface area contributed by atoms with Gasteiger partial charge in [0.05, 0.1) is 18.2 Å². The molecule has 2 aromatic rings. The molecule has 0 radical (unpaired) electrons. The number of rotatable bonds is 8. The number of nitrogens with zero attached hydrogens (tertiary/aromatic N) is 2. The average Bonchev–Trinajstić information content (AvgIpc) is 2.79. The van der Waals surface area contributed by atoms with E-state index >= 15 is 0 Å². The predicted molar refractivity (Wildman–Crippen MR) is 122 cm³/mol. The van der Waals surface area contributed by atoms with E-state index in [1.165, 1.54) is 16.4 Å². The summed E-state index contributed by atoms with van der Waals surface area (Å²) in [5, 5.41) is 2.88. The number of hydrogen-bond donors (Lipinski definition) is 1. The monoisotopic (exact) mass is 465 g/mol. The number of halogens is 1. The third-order valence-electron chi connectivity index (χ3n) is 5.29. The first-order valence-electron chi connectivity index (χ1n) is 10.3. The smallest absolute Gasteiger partial charge is 0.255 e. The van der Waals surface area contributed by atoms with Crippen molar-refractivity contribution in [1.82, 2.24) is 9.21 Å². The van der Waals surface area contributed by atoms with E-state index < -0.39 is 10.0 Å². The SMILES string of the molecule is CCN(CC)Cc1ccc(C(=O)Nc2ccc(Cl)c(S(=O)(=O)N3CCOCC3)c2)cc1. The Morgan fingerprint density at radius 3 is 2.35 bits per heavy atom. The van der Waals surface area contributed by atoms with Gasteiger partial charge in [0.15, 0.2) is 0 Å². The summed E-state index contributed by atoms with van der Waals surface area (Å²) in [6.45, 7) is 8.22. The largest absolute Gasteiger partial charge is 0.379 e. The summed E-state index contributed by atoms with van der Waals surface area (Å²) in [6, 6.07) is 11.9. The van der Waals surface area contributed by atoms with Gasteiger partial charge >= 0.3 is 0 Å². The van der Waals surface area contributed by atoms with E-state index in [1.54, 1.807) is 18.2 Å². The molecule has 2 aromatic carbocycles. The quantitative estimate of drug-likeness (QED) is 0.646. The Hall–Kier alpha value is -1.97. The third-order valence-corrected chi connectivity index (χ3v) is 7.67. The summed E-state index contributed by atoms with van der Waals surface area (Å²) in [7, 11) is -3.77. The van der Waals surface area contributed by atoms with Crippen LogP contribution in [0.1, 0.15) is 29.8 Å². The standard InChI is InChI=1S/C22H28ClN3O4S/c1-3-25(4-2)16-17-5-7-18(8-6-17)22(27)24-19-9-10-20(23)21(15-19)31(28,29)26-11-13-30-14-12-26/h5-10,15H,3-4,11-14,16H2,1-2H3,(H,24,27). The molecule has 3 rings (SSSR count). The topological polar surface area (TPSA) is 79.0 Å². The number of hydrogen-bond acceptors (Lipinski definition) is 5. The molecule has 0 saturated carbocycles. The maximum absolute atomic E-state index is 13.0. The van der Waals surface area contributed by atoms with Gasteiger partial charge in [-0.3, -0.25) is 9.69 Å². The van der Waals surface area contributed by atoms with Crippen LogP contribution in [0.15, 0.2) is 47.4 Å². The normalized spacial score (nSPS) is 15.2. The van der Waals surface area contributed by atoms with E-state index in [-0.39, 0.29) is 28.9 Å². The fraction of sp³-hybridized carbons (Fsp3) is 0.409. The number of benzene rings is 2. The Balaban J connectivity index is 1.74. The van der Waals surface area contributed by atoms with Crippen LogP contribution in [-0.2, 0) is 21.3 Å². The number of sulfonamides is 1. The molecule has 9 heteroatoms. The van der Waals surface area contributed by atoms with Gasteiger partial charge in [0, 0.05) is 30.9 Å². The molecule has 7 nitrogen and oxygen atoms in total. The number of anilines is 1. The Bertz CT molecular complexity index is 1000. The molecular weight excluding hydrogens is 438 g/mol. The van der Waals surface area contributed by atoms with Gasteiger partial charge in [-0.05, 0) is 49.0 Å². The van der Waals surface area contributed by atoms with Crippen molar-refractivity contribution in [3.63, 3.8) is 0 Å². The molecule has 168 valence electrons. The van der Waals surface area contributed by atoms with Crippen molar-refractivity contribution >= 4 is 33.2 Å². The minimum absolute atomic E-state index is 0.0246. The van der Waals surface area contributed by atoms with E-state index in [9.17, 15) is 13.2 Å². The average molecular weight is 466 g/mol. The zero-order valence-corrected chi connectivity index (χ0v) is 19.4. The van der Waals surface area contributed by atoms with Gasteiger partial charge < -0.3 is 10.1 Å². The van der Waals surface area contributed by atoms with Crippen molar-refractivity contribution in [3.05, 3.63) is 58.6 Å². The molecule has 0 atom stereocenters. The van der Waals surface area contributed by atoms with Crippen LogP contribution < -0.4 is 5.32 Å². The number of morpholine rings is 1. The number of carbonyl (C=O) groups is 1. The van der Waals surface area contributed by atoms with Crippen LogP contribution in [0.5, 0.6) is 0 Å². The van der Waals surface area contributed by atoms with Gasteiger partial charge in [-0.25, -0.2) is 8.42 Å². The number of nitrogens with one attached hydrogen (secondary N) is 1. The van der Waals surface area contributed by atoms with Crippen molar-refractivity contribution in [2.45, 2.75) is 25.3 Å². The second-order valence-electron chi connectivity index (χ2n) is 7.27. The van der Waals surface area contributed by atoms with Crippen molar-refractivity contribution in [2.24, 2.45) is 0 Å². The highest BCUT2D eigenvalue weighted by atomic mass is 35.5. The van der Waals surface area contributed by atoms with Crippen LogP contribution in [0.2, 0.25) is 5.02 Å². The second-order valence-corrected chi connectivity index (χ2v) is 9.59. The molecule has 0 bridgehead atoms. The van der Waals surface area contributed by atoms with Crippen LogP contribution >= 0.6 is 11.6 Å². The Labute approximate surface area is 189 Å². The van der Waals surface area contributed by atoms with E-state index in [1.807, 2.05) is 12.1 Å². The molecule has 1 saturated heterocycles. The number of carbonyl (C=O) groups excluding carboxylic acids is 1. The first-order valence-corrected chi connectivity index (χ1v) is 12.2. The zero-order valence-electron chi connectivity index (χ0n) is 17.8. The highest BCUT2D eigenvalue weighted by molar-refractivity contribution is 7.89. The van der Waals surface area contributed by atoms with Gasteiger partial charge in [-0.2, -0.15) is 4.31 Å². The highest BCUT2D eigenvalue weighted by Gasteiger charge is 2.28. The fourth-order valence-electron chi connectivity index (χ4n) is 3.38. The Kier molecular flexibility index (Phi) is 8.07. The van der Waals surface area contributed by atoms with E-state index in [4.69, 9.17) is 16.3 Å². The van der Waals surface area contributed by atoms with Crippen molar-refractivity contribution in [1.29, 1.82) is 0 Å². The molecule has 1 amide bonds. The summed E-state index contributed by atoms with van der Waals surface area (Å²) >= 11 is 6.18. The molecule has 1 heterocycles. The van der Waals surface area contributed by atoms with E-state index in [0.29, 0.717) is 24.5 Å². The summed E-state index contributed by atoms with van der Waals surface area (Å²) in [5.74, 6) is -0.313. The van der Waals surface area contributed by atoms with Crippen LogP contribution in [0, 0.1) is 0 Å². The maximum Gasteiger partial charge on any atom is 0.255 e. The maximum atomic E-state index is 13.0. The van der Waals surface area contributed by atoms with Crippen molar-refractivity contribution < 1.29 is 17.9 Å².